The van der Waals surface area contributed by atoms with Gasteiger partial charge in [-0.1, -0.05) is 312 Å². The Balaban J connectivity index is 5.15. The molecule has 17 nitrogen and oxygen atoms in total. The molecule has 0 amide bonds. The highest BCUT2D eigenvalue weighted by molar-refractivity contribution is 7.47. The molecule has 0 aromatic rings. The first-order valence-corrected chi connectivity index (χ1v) is 40.4. The van der Waals surface area contributed by atoms with E-state index in [2.05, 4.69) is 48.5 Å². The molecule has 0 spiro atoms. The molecule has 7 atom stereocenters. The first kappa shape index (κ1) is 89.1. The van der Waals surface area contributed by atoms with Crippen LogP contribution in [0.5, 0.6) is 0 Å². The van der Waals surface area contributed by atoms with Crippen LogP contribution in [-0.2, 0) is 65.4 Å². The minimum absolute atomic E-state index is 0.102. The van der Waals surface area contributed by atoms with Crippen LogP contribution >= 0.6 is 15.6 Å². The normalized spacial score (nSPS) is 14.8. The maximum absolute atomic E-state index is 13.0. The number of hydrogen-bond donors (Lipinski definition) is 3. The summed E-state index contributed by atoms with van der Waals surface area (Å²) in [4.78, 5) is 72.3. The molecule has 540 valence electrons. The molecule has 0 saturated heterocycles. The molecule has 0 aliphatic heterocycles. The van der Waals surface area contributed by atoms with E-state index in [4.69, 9.17) is 37.0 Å². The highest BCUT2D eigenvalue weighted by atomic mass is 31.2. The van der Waals surface area contributed by atoms with E-state index >= 15 is 0 Å². The third-order valence-electron chi connectivity index (χ3n) is 17.4. The summed E-state index contributed by atoms with van der Waals surface area (Å²) in [5.74, 6) is 0.255. The van der Waals surface area contributed by atoms with Gasteiger partial charge in [0.25, 0.3) is 0 Å². The lowest BCUT2D eigenvalue weighted by atomic mass is 9.99. The third-order valence-corrected chi connectivity index (χ3v) is 19.3. The lowest BCUT2D eigenvalue weighted by Gasteiger charge is -2.21. The fraction of sp³-hybridized carbons (Fsp3) is 0.944. The molecule has 4 unspecified atom stereocenters. The number of carbonyl (C=O) groups is 4. The van der Waals surface area contributed by atoms with Crippen LogP contribution in [0.15, 0.2) is 0 Å². The van der Waals surface area contributed by atoms with Gasteiger partial charge in [-0.25, -0.2) is 9.13 Å². The largest absolute Gasteiger partial charge is 0.472 e. The van der Waals surface area contributed by atoms with E-state index in [1.54, 1.807) is 0 Å². The Kier molecular flexibility index (Phi) is 61.5. The van der Waals surface area contributed by atoms with Crippen LogP contribution < -0.4 is 0 Å². The van der Waals surface area contributed by atoms with Crippen LogP contribution in [0.25, 0.3) is 0 Å². The van der Waals surface area contributed by atoms with Crippen molar-refractivity contribution in [1.82, 2.24) is 0 Å². The summed E-state index contributed by atoms with van der Waals surface area (Å²) >= 11 is 0. The fourth-order valence-corrected chi connectivity index (χ4v) is 12.4. The number of ether oxygens (including phenoxy) is 4. The van der Waals surface area contributed by atoms with Gasteiger partial charge in [0, 0.05) is 25.7 Å². The number of rotatable bonds is 70. The number of hydrogen-bond acceptors (Lipinski definition) is 15. The summed E-state index contributed by atoms with van der Waals surface area (Å²) < 4.78 is 68.1. The SMILES string of the molecule is CCCCCCCC(=O)OC[C@H](COP(=O)(O)OC[C@H](O)COP(=O)(O)OC[C@@H](COC(=O)CCCCCCCCCCCCCCCCC(C)CC)OC(=O)CCCCCCCCCCCCCCCCC(C)CC)OC(=O)CCCCCCCCCC(C)C. The van der Waals surface area contributed by atoms with E-state index in [0.717, 1.165) is 108 Å². The maximum atomic E-state index is 13.0. The molecule has 0 rings (SSSR count). The average Bonchev–Trinajstić information content (AvgIpc) is 3.11. The quantitative estimate of drug-likeness (QED) is 0.0222. The van der Waals surface area contributed by atoms with Crippen LogP contribution in [0, 0.1) is 17.8 Å². The van der Waals surface area contributed by atoms with Gasteiger partial charge in [-0.15, -0.1) is 0 Å². The van der Waals surface area contributed by atoms with E-state index in [0.29, 0.717) is 31.6 Å². The standard InChI is InChI=1S/C72H140O17P2/c1-8-11-12-36-46-53-69(74)82-59-67(88-72(77)56-49-42-35-29-30-37-43-50-63(4)5)61-86-90(78,79)84-57-66(73)58-85-91(80,81)87-62-68(89-71(76)55-48-41-34-28-24-20-16-14-18-22-26-32-39-45-52-65(7)10-3)60-83-70(75)54-47-40-33-27-23-19-15-13-17-21-25-31-38-44-51-64(6)9-2/h63-68,73H,8-62H2,1-7H3,(H,78,79)(H,80,81)/t64?,65?,66-,67+,68+/m0/s1. The summed E-state index contributed by atoms with van der Waals surface area (Å²) in [6, 6.07) is 0. The number of phosphoric ester groups is 2. The topological polar surface area (TPSA) is 237 Å². The van der Waals surface area contributed by atoms with Crippen molar-refractivity contribution in [2.45, 2.75) is 381 Å². The number of unbranched alkanes of at least 4 members (excludes halogenated alkanes) is 36. The highest BCUT2D eigenvalue weighted by Crippen LogP contribution is 2.45. The maximum Gasteiger partial charge on any atom is 0.472 e. The molecule has 0 heterocycles. The second kappa shape index (κ2) is 62.8. The Labute approximate surface area is 556 Å². The molecule has 0 fully saturated rings. The number of esters is 4. The molecule has 91 heavy (non-hydrogen) atoms. The van der Waals surface area contributed by atoms with Crippen molar-refractivity contribution in [3.63, 3.8) is 0 Å². The van der Waals surface area contributed by atoms with Gasteiger partial charge in [-0.05, 0) is 43.4 Å². The van der Waals surface area contributed by atoms with Gasteiger partial charge in [0.1, 0.15) is 19.3 Å². The van der Waals surface area contributed by atoms with E-state index < -0.39 is 97.5 Å². The Hall–Kier alpha value is -1.94. The van der Waals surface area contributed by atoms with Crippen molar-refractivity contribution in [3.8, 4) is 0 Å². The second-order valence-electron chi connectivity index (χ2n) is 26.9. The summed E-state index contributed by atoms with van der Waals surface area (Å²) in [5.41, 5.74) is 0. The van der Waals surface area contributed by atoms with Crippen molar-refractivity contribution in [2.75, 3.05) is 39.6 Å². The van der Waals surface area contributed by atoms with Gasteiger partial charge < -0.3 is 33.8 Å². The molecule has 3 N–H and O–H groups in total. The average molecular weight is 1340 g/mol. The highest BCUT2D eigenvalue weighted by Gasteiger charge is 2.30. The van der Waals surface area contributed by atoms with Crippen molar-refractivity contribution < 1.29 is 80.2 Å². The van der Waals surface area contributed by atoms with E-state index in [1.807, 2.05) is 0 Å². The molecule has 0 saturated carbocycles. The van der Waals surface area contributed by atoms with Crippen LogP contribution in [0.4, 0.5) is 0 Å². The number of aliphatic hydroxyl groups is 1. The molecular weight excluding hydrogens is 1200 g/mol. The molecule has 0 aromatic heterocycles. The number of phosphoric acid groups is 2. The van der Waals surface area contributed by atoms with Crippen molar-refractivity contribution in [2.24, 2.45) is 17.8 Å². The molecule has 0 aliphatic rings. The van der Waals surface area contributed by atoms with Gasteiger partial charge in [-0.2, -0.15) is 0 Å². The van der Waals surface area contributed by atoms with Gasteiger partial charge in [0.05, 0.1) is 26.4 Å². The third kappa shape index (κ3) is 63.9. The number of carbonyl (C=O) groups excluding carboxylic acids is 4. The zero-order chi connectivity index (χ0) is 67.3. The van der Waals surface area contributed by atoms with Crippen LogP contribution in [0.1, 0.15) is 363 Å². The molecule has 0 bridgehead atoms. The van der Waals surface area contributed by atoms with Crippen LogP contribution in [0.3, 0.4) is 0 Å². The van der Waals surface area contributed by atoms with Crippen LogP contribution in [-0.4, -0.2) is 96.7 Å². The Morgan fingerprint density at radius 3 is 0.835 bits per heavy atom. The van der Waals surface area contributed by atoms with Crippen molar-refractivity contribution in [1.29, 1.82) is 0 Å². The summed E-state index contributed by atoms with van der Waals surface area (Å²) in [6.45, 7) is 11.8. The lowest BCUT2D eigenvalue weighted by Crippen LogP contribution is -2.30. The van der Waals surface area contributed by atoms with Crippen LogP contribution in [0.2, 0.25) is 0 Å². The first-order valence-electron chi connectivity index (χ1n) is 37.4. The lowest BCUT2D eigenvalue weighted by molar-refractivity contribution is -0.161. The van der Waals surface area contributed by atoms with Gasteiger partial charge in [-0.3, -0.25) is 37.3 Å². The Bertz CT molecular complexity index is 1790. The zero-order valence-electron chi connectivity index (χ0n) is 59.3. The van der Waals surface area contributed by atoms with E-state index in [-0.39, 0.29) is 25.7 Å². The summed E-state index contributed by atoms with van der Waals surface area (Å²) in [5, 5.41) is 10.6. The van der Waals surface area contributed by atoms with Gasteiger partial charge in [0.15, 0.2) is 12.2 Å². The summed E-state index contributed by atoms with van der Waals surface area (Å²) in [6.07, 6.45) is 47.6. The van der Waals surface area contributed by atoms with Crippen molar-refractivity contribution >= 4 is 39.5 Å². The molecule has 0 radical (unpaired) electrons. The Morgan fingerprint density at radius 1 is 0.319 bits per heavy atom. The van der Waals surface area contributed by atoms with E-state index in [1.165, 1.54) is 167 Å². The van der Waals surface area contributed by atoms with Crippen molar-refractivity contribution in [3.05, 3.63) is 0 Å². The second-order valence-corrected chi connectivity index (χ2v) is 29.8. The van der Waals surface area contributed by atoms with Gasteiger partial charge in [0.2, 0.25) is 0 Å². The molecule has 19 heteroatoms. The predicted molar refractivity (Wildman–Crippen MR) is 368 cm³/mol. The van der Waals surface area contributed by atoms with E-state index in [9.17, 15) is 43.2 Å². The summed E-state index contributed by atoms with van der Waals surface area (Å²) in [7, 11) is -9.89. The zero-order valence-corrected chi connectivity index (χ0v) is 61.1. The Morgan fingerprint density at radius 2 is 0.560 bits per heavy atom. The monoisotopic (exact) mass is 1340 g/mol. The fourth-order valence-electron chi connectivity index (χ4n) is 10.8. The first-order chi connectivity index (χ1) is 43.8. The molecule has 0 aliphatic carbocycles. The number of aliphatic hydroxyl groups excluding tert-OH is 1. The smallest absolute Gasteiger partial charge is 0.462 e. The minimum atomic E-state index is -4.95. The predicted octanol–water partition coefficient (Wildman–Crippen LogP) is 20.6. The minimum Gasteiger partial charge on any atom is -0.462 e. The molecular formula is C72H140O17P2. The molecule has 0 aromatic carbocycles. The van der Waals surface area contributed by atoms with Gasteiger partial charge >= 0.3 is 39.5 Å².